The van der Waals surface area contributed by atoms with E-state index in [2.05, 4.69) is 63.9 Å². The summed E-state index contributed by atoms with van der Waals surface area (Å²) in [5.41, 5.74) is 2.24. The highest BCUT2D eigenvalue weighted by atomic mass is 14.9. The van der Waals surface area contributed by atoms with Gasteiger partial charge in [0.15, 0.2) is 6.33 Å². The maximum Gasteiger partial charge on any atom is 0.198 e. The van der Waals surface area contributed by atoms with E-state index in [9.17, 15) is 0 Å². The molecule has 1 aromatic rings. The molecule has 0 fully saturated rings. The number of nitrogens with zero attached hydrogens (tertiary/aromatic N) is 2. The first-order valence-electron chi connectivity index (χ1n) is 4.97. The molecule has 0 bridgehead atoms. The Hall–Kier alpha value is -0.920. The van der Waals surface area contributed by atoms with Crippen LogP contribution in [0.25, 0.3) is 0 Å². The highest BCUT2D eigenvalue weighted by molar-refractivity contribution is 5.20. The third-order valence-corrected chi connectivity index (χ3v) is 2.15. The molecule has 77 valence electrons. The lowest BCUT2D eigenvalue weighted by molar-refractivity contribution is 0.536. The summed E-state index contributed by atoms with van der Waals surface area (Å²) in [7, 11) is 0. The van der Waals surface area contributed by atoms with E-state index in [4.69, 9.17) is 0 Å². The van der Waals surface area contributed by atoms with Gasteiger partial charge in [0, 0.05) is 10.8 Å². The zero-order valence-electron chi connectivity index (χ0n) is 9.97. The van der Waals surface area contributed by atoms with Crippen molar-refractivity contribution in [2.75, 3.05) is 0 Å². The standard InChI is InChI=1S/C12H19N2/c1-11(2,3)9-7-10(12(4,5)6)14-8-13-9/h7H,1-6H3. The molecule has 1 heterocycles. The third kappa shape index (κ3) is 2.53. The van der Waals surface area contributed by atoms with Crippen molar-refractivity contribution >= 4 is 0 Å². The molecular weight excluding hydrogens is 172 g/mol. The summed E-state index contributed by atoms with van der Waals surface area (Å²) in [5.74, 6) is 0. The Morgan fingerprint density at radius 1 is 0.857 bits per heavy atom. The molecule has 0 saturated heterocycles. The van der Waals surface area contributed by atoms with Crippen LogP contribution in [0.2, 0.25) is 0 Å². The lowest BCUT2D eigenvalue weighted by Gasteiger charge is -2.22. The molecule has 0 aromatic carbocycles. The van der Waals surface area contributed by atoms with Crippen LogP contribution in [0.4, 0.5) is 0 Å². The molecule has 1 aromatic heterocycles. The van der Waals surface area contributed by atoms with Crippen molar-refractivity contribution in [1.82, 2.24) is 9.97 Å². The van der Waals surface area contributed by atoms with Crippen molar-refractivity contribution in [3.63, 3.8) is 0 Å². The average Bonchev–Trinajstić information content (AvgIpc) is 2.01. The molecule has 0 atom stereocenters. The van der Waals surface area contributed by atoms with Crippen LogP contribution < -0.4 is 0 Å². The van der Waals surface area contributed by atoms with Crippen molar-refractivity contribution in [1.29, 1.82) is 0 Å². The van der Waals surface area contributed by atoms with Crippen LogP contribution in [0.5, 0.6) is 0 Å². The number of hydrogen-bond acceptors (Lipinski definition) is 2. The van der Waals surface area contributed by atoms with E-state index in [1.807, 2.05) is 0 Å². The summed E-state index contributed by atoms with van der Waals surface area (Å²) in [5, 5.41) is 0. The third-order valence-electron chi connectivity index (χ3n) is 2.15. The topological polar surface area (TPSA) is 25.8 Å². The van der Waals surface area contributed by atoms with E-state index in [1.165, 1.54) is 0 Å². The van der Waals surface area contributed by atoms with Gasteiger partial charge >= 0.3 is 0 Å². The molecule has 1 radical (unpaired) electrons. The van der Waals surface area contributed by atoms with E-state index in [0.717, 1.165) is 11.4 Å². The van der Waals surface area contributed by atoms with Crippen LogP contribution in [0.15, 0.2) is 6.07 Å². The van der Waals surface area contributed by atoms with E-state index >= 15 is 0 Å². The average molecular weight is 191 g/mol. The van der Waals surface area contributed by atoms with E-state index < -0.39 is 0 Å². The molecule has 2 heteroatoms. The molecule has 1 rings (SSSR count). The van der Waals surface area contributed by atoms with E-state index in [0.29, 0.717) is 0 Å². The van der Waals surface area contributed by atoms with Gasteiger partial charge in [0.2, 0.25) is 0 Å². The van der Waals surface area contributed by atoms with Crippen LogP contribution in [-0.4, -0.2) is 9.97 Å². The van der Waals surface area contributed by atoms with Crippen LogP contribution in [0.3, 0.4) is 0 Å². The van der Waals surface area contributed by atoms with E-state index in [1.54, 1.807) is 0 Å². The number of hydrogen-bond donors (Lipinski definition) is 0. The predicted octanol–water partition coefficient (Wildman–Crippen LogP) is 2.87. The Balaban J connectivity index is 3.15. The summed E-state index contributed by atoms with van der Waals surface area (Å²) < 4.78 is 0. The zero-order valence-corrected chi connectivity index (χ0v) is 9.97. The molecule has 0 spiro atoms. The second-order valence-electron chi connectivity index (χ2n) is 5.74. The second-order valence-corrected chi connectivity index (χ2v) is 5.74. The van der Waals surface area contributed by atoms with Gasteiger partial charge < -0.3 is 0 Å². The molecule has 0 saturated carbocycles. The lowest BCUT2D eigenvalue weighted by Crippen LogP contribution is -2.19. The van der Waals surface area contributed by atoms with Gasteiger partial charge in [-0.25, -0.2) is 9.97 Å². The number of aromatic nitrogens is 2. The van der Waals surface area contributed by atoms with Gasteiger partial charge in [-0.3, -0.25) is 0 Å². The molecule has 2 nitrogen and oxygen atoms in total. The summed E-state index contributed by atoms with van der Waals surface area (Å²) in [6, 6.07) is 2.08. The zero-order chi connectivity index (χ0) is 11.0. The second kappa shape index (κ2) is 3.34. The van der Waals surface area contributed by atoms with Gasteiger partial charge in [0.05, 0.1) is 11.4 Å². The highest BCUT2D eigenvalue weighted by Gasteiger charge is 2.20. The largest absolute Gasteiger partial charge is 0.230 e. The van der Waals surface area contributed by atoms with Crippen LogP contribution in [0.1, 0.15) is 52.9 Å². The summed E-state index contributed by atoms with van der Waals surface area (Å²) in [6.07, 6.45) is 2.74. The summed E-state index contributed by atoms with van der Waals surface area (Å²) >= 11 is 0. The highest BCUT2D eigenvalue weighted by Crippen LogP contribution is 2.24. The van der Waals surface area contributed by atoms with E-state index in [-0.39, 0.29) is 10.8 Å². The first-order chi connectivity index (χ1) is 6.21. The first kappa shape index (κ1) is 11.2. The van der Waals surface area contributed by atoms with Gasteiger partial charge in [-0.05, 0) is 6.07 Å². The minimum Gasteiger partial charge on any atom is -0.230 e. The molecule has 0 aliphatic rings. The van der Waals surface area contributed by atoms with Crippen LogP contribution in [0, 0.1) is 6.33 Å². The molecule has 0 N–H and O–H groups in total. The molecule has 0 amide bonds. The summed E-state index contributed by atoms with van der Waals surface area (Å²) in [4.78, 5) is 8.38. The fourth-order valence-corrected chi connectivity index (χ4v) is 1.10. The van der Waals surface area contributed by atoms with Crippen LogP contribution in [-0.2, 0) is 10.8 Å². The lowest BCUT2D eigenvalue weighted by atomic mass is 9.87. The smallest absolute Gasteiger partial charge is 0.198 e. The molecule has 0 aliphatic carbocycles. The van der Waals surface area contributed by atoms with Crippen molar-refractivity contribution in [3.05, 3.63) is 23.8 Å². The van der Waals surface area contributed by atoms with Crippen molar-refractivity contribution in [3.8, 4) is 0 Å². The van der Waals surface area contributed by atoms with Crippen LogP contribution >= 0.6 is 0 Å². The van der Waals surface area contributed by atoms with Crippen molar-refractivity contribution in [2.24, 2.45) is 0 Å². The molecule has 14 heavy (non-hydrogen) atoms. The molecule has 0 aliphatic heterocycles. The minimum absolute atomic E-state index is 0.0689. The Kier molecular flexibility index (Phi) is 2.66. The quantitative estimate of drug-likeness (QED) is 0.630. The fraction of sp³-hybridized carbons (Fsp3) is 0.667. The van der Waals surface area contributed by atoms with Gasteiger partial charge in [-0.15, -0.1) is 0 Å². The van der Waals surface area contributed by atoms with Crippen molar-refractivity contribution in [2.45, 2.75) is 52.4 Å². The maximum atomic E-state index is 4.19. The predicted molar refractivity (Wildman–Crippen MR) is 58.3 cm³/mol. The summed E-state index contributed by atoms with van der Waals surface area (Å²) in [6.45, 7) is 12.9. The Morgan fingerprint density at radius 2 is 1.21 bits per heavy atom. The monoisotopic (exact) mass is 191 g/mol. The minimum atomic E-state index is 0.0689. The van der Waals surface area contributed by atoms with Gasteiger partial charge in [-0.2, -0.15) is 0 Å². The van der Waals surface area contributed by atoms with Crippen molar-refractivity contribution < 1.29 is 0 Å². The molecule has 0 unspecified atom stereocenters. The van der Waals surface area contributed by atoms with Gasteiger partial charge in [0.1, 0.15) is 0 Å². The number of rotatable bonds is 0. The van der Waals surface area contributed by atoms with Gasteiger partial charge in [-0.1, -0.05) is 41.5 Å². The Labute approximate surface area is 86.8 Å². The normalized spacial score (nSPS) is 13.0. The first-order valence-corrected chi connectivity index (χ1v) is 4.97. The molecular formula is C12H19N2. The Morgan fingerprint density at radius 3 is 1.50 bits per heavy atom. The SMILES string of the molecule is CC(C)(C)c1cc(C(C)(C)C)n[c]n1. The van der Waals surface area contributed by atoms with Gasteiger partial charge in [0.25, 0.3) is 0 Å². The Bertz CT molecular complexity index is 287. The fourth-order valence-electron chi connectivity index (χ4n) is 1.10. The maximum absolute atomic E-state index is 4.19.